The number of ether oxygens (including phenoxy) is 2. The number of rotatable bonds is 10. The Morgan fingerprint density at radius 1 is 1.07 bits per heavy atom. The van der Waals surface area contributed by atoms with Crippen molar-refractivity contribution in [1.82, 2.24) is 10.0 Å². The van der Waals surface area contributed by atoms with Crippen molar-refractivity contribution in [3.8, 4) is 5.75 Å². The minimum Gasteiger partial charge on any atom is -0.478 e. The highest BCUT2D eigenvalue weighted by Crippen LogP contribution is 2.21. The first kappa shape index (κ1) is 23.2. The molecule has 0 spiro atoms. The van der Waals surface area contributed by atoms with Gasteiger partial charge >= 0.3 is 0 Å². The highest BCUT2D eigenvalue weighted by molar-refractivity contribution is 7.89. The molecule has 0 aliphatic carbocycles. The van der Waals surface area contributed by atoms with Crippen molar-refractivity contribution < 1.29 is 22.7 Å². The number of benzene rings is 2. The fourth-order valence-corrected chi connectivity index (χ4v) is 3.53. The van der Waals surface area contributed by atoms with E-state index in [1.54, 1.807) is 50.2 Å². The molecule has 0 radical (unpaired) electrons. The van der Waals surface area contributed by atoms with Crippen molar-refractivity contribution >= 4 is 27.5 Å². The standard InChI is InChI=1S/C20H25ClN2O5S/c1-20(2,28-17-8-6-16(21)7-9-17)19(24)22-14-15-4-10-18(11-5-15)29(25,26)23-12-13-27-3/h4-11,23H,12-14H2,1-3H3,(H,22,24). The maximum absolute atomic E-state index is 12.5. The van der Waals surface area contributed by atoms with Gasteiger partial charge in [0.2, 0.25) is 10.0 Å². The van der Waals surface area contributed by atoms with Crippen LogP contribution in [0.25, 0.3) is 0 Å². The zero-order chi connectivity index (χ0) is 21.5. The van der Waals surface area contributed by atoms with E-state index in [2.05, 4.69) is 10.0 Å². The third-order valence-electron chi connectivity index (χ3n) is 4.02. The fourth-order valence-electron chi connectivity index (χ4n) is 2.39. The number of sulfonamides is 1. The van der Waals surface area contributed by atoms with Gasteiger partial charge in [-0.2, -0.15) is 0 Å². The normalized spacial score (nSPS) is 11.9. The van der Waals surface area contributed by atoms with Gasteiger partial charge in [0.05, 0.1) is 11.5 Å². The number of hydrogen-bond acceptors (Lipinski definition) is 5. The molecule has 2 rings (SSSR count). The second-order valence-corrected chi connectivity index (χ2v) is 8.99. The van der Waals surface area contributed by atoms with E-state index in [9.17, 15) is 13.2 Å². The first-order chi connectivity index (χ1) is 13.6. The second kappa shape index (κ2) is 10.1. The Balaban J connectivity index is 1.93. The molecule has 0 unspecified atom stereocenters. The van der Waals surface area contributed by atoms with Crippen molar-refractivity contribution in [3.63, 3.8) is 0 Å². The number of carbonyl (C=O) groups is 1. The number of amides is 1. The van der Waals surface area contributed by atoms with E-state index >= 15 is 0 Å². The molecule has 0 atom stereocenters. The van der Waals surface area contributed by atoms with E-state index in [0.29, 0.717) is 10.8 Å². The summed E-state index contributed by atoms with van der Waals surface area (Å²) >= 11 is 5.85. The molecule has 2 aromatic carbocycles. The van der Waals surface area contributed by atoms with E-state index in [1.807, 2.05) is 0 Å². The lowest BCUT2D eigenvalue weighted by Crippen LogP contribution is -2.46. The molecule has 0 saturated heterocycles. The van der Waals surface area contributed by atoms with Gasteiger partial charge in [-0.15, -0.1) is 0 Å². The second-order valence-electron chi connectivity index (χ2n) is 6.78. The molecule has 158 valence electrons. The van der Waals surface area contributed by atoms with Crippen LogP contribution in [-0.2, 0) is 26.1 Å². The summed E-state index contributed by atoms with van der Waals surface area (Å²) in [5.74, 6) is 0.232. The maximum Gasteiger partial charge on any atom is 0.263 e. The Morgan fingerprint density at radius 3 is 2.28 bits per heavy atom. The topological polar surface area (TPSA) is 93.7 Å². The van der Waals surface area contributed by atoms with E-state index in [-0.39, 0.29) is 30.5 Å². The van der Waals surface area contributed by atoms with Gasteiger partial charge in [-0.3, -0.25) is 4.79 Å². The summed E-state index contributed by atoms with van der Waals surface area (Å²) in [6, 6.07) is 13.0. The number of carbonyl (C=O) groups excluding carboxylic acids is 1. The minimum absolute atomic E-state index is 0.148. The quantitative estimate of drug-likeness (QED) is 0.554. The van der Waals surface area contributed by atoms with Gasteiger partial charge in [0.15, 0.2) is 5.60 Å². The van der Waals surface area contributed by atoms with Crippen LogP contribution in [-0.4, -0.2) is 40.2 Å². The molecule has 0 aromatic heterocycles. The predicted octanol–water partition coefficient (Wildman–Crippen LogP) is 2.74. The van der Waals surface area contributed by atoms with E-state index < -0.39 is 15.6 Å². The third kappa shape index (κ3) is 7.01. The highest BCUT2D eigenvalue weighted by atomic mass is 35.5. The van der Waals surface area contributed by atoms with Crippen LogP contribution < -0.4 is 14.8 Å². The van der Waals surface area contributed by atoms with Crippen LogP contribution in [0.15, 0.2) is 53.4 Å². The van der Waals surface area contributed by atoms with Crippen LogP contribution in [0.2, 0.25) is 5.02 Å². The lowest BCUT2D eigenvalue weighted by Gasteiger charge is -2.25. The van der Waals surface area contributed by atoms with E-state index in [0.717, 1.165) is 5.56 Å². The molecule has 0 aliphatic heterocycles. The van der Waals surface area contributed by atoms with Gasteiger partial charge in [0, 0.05) is 25.2 Å². The Kier molecular flexibility index (Phi) is 8.04. The molecular formula is C20H25ClN2O5S. The average molecular weight is 441 g/mol. The molecule has 0 heterocycles. The predicted molar refractivity (Wildman–Crippen MR) is 112 cm³/mol. The SMILES string of the molecule is COCCNS(=O)(=O)c1ccc(CNC(=O)C(C)(C)Oc2ccc(Cl)cc2)cc1. The van der Waals surface area contributed by atoms with Gasteiger partial charge in [-0.25, -0.2) is 13.1 Å². The Bertz CT molecular complexity index is 913. The van der Waals surface area contributed by atoms with Gasteiger partial charge in [-0.1, -0.05) is 23.7 Å². The van der Waals surface area contributed by atoms with Gasteiger partial charge in [-0.05, 0) is 55.8 Å². The first-order valence-corrected chi connectivity index (χ1v) is 10.8. The van der Waals surface area contributed by atoms with Crippen LogP contribution in [0.1, 0.15) is 19.4 Å². The number of nitrogens with one attached hydrogen (secondary N) is 2. The van der Waals surface area contributed by atoms with Crippen molar-refractivity contribution in [2.45, 2.75) is 30.9 Å². The van der Waals surface area contributed by atoms with Crippen LogP contribution >= 0.6 is 11.6 Å². The number of methoxy groups -OCH3 is 1. The molecule has 1 amide bonds. The van der Waals surface area contributed by atoms with Gasteiger partial charge in [0.1, 0.15) is 5.75 Å². The lowest BCUT2D eigenvalue weighted by molar-refractivity contribution is -0.134. The molecule has 9 heteroatoms. The van der Waals surface area contributed by atoms with Crippen molar-refractivity contribution in [1.29, 1.82) is 0 Å². The molecule has 0 saturated carbocycles. The summed E-state index contributed by atoms with van der Waals surface area (Å²) in [5.41, 5.74) is -0.334. The Morgan fingerprint density at radius 2 is 1.69 bits per heavy atom. The molecule has 2 aromatic rings. The van der Waals surface area contributed by atoms with E-state index in [4.69, 9.17) is 21.1 Å². The smallest absolute Gasteiger partial charge is 0.263 e. The maximum atomic E-state index is 12.5. The monoisotopic (exact) mass is 440 g/mol. The third-order valence-corrected chi connectivity index (χ3v) is 5.75. The van der Waals surface area contributed by atoms with Crippen LogP contribution in [0.4, 0.5) is 0 Å². The van der Waals surface area contributed by atoms with Crippen LogP contribution in [0, 0.1) is 0 Å². The van der Waals surface area contributed by atoms with Crippen LogP contribution in [0.3, 0.4) is 0 Å². The summed E-state index contributed by atoms with van der Waals surface area (Å²) in [7, 11) is -2.09. The first-order valence-electron chi connectivity index (χ1n) is 8.94. The summed E-state index contributed by atoms with van der Waals surface area (Å²) in [6.07, 6.45) is 0. The fraction of sp³-hybridized carbons (Fsp3) is 0.350. The molecule has 0 aliphatic rings. The molecular weight excluding hydrogens is 416 g/mol. The summed E-state index contributed by atoms with van der Waals surface area (Å²) < 4.78 is 37.3. The number of hydrogen-bond donors (Lipinski definition) is 2. The Labute approximate surface area is 176 Å². The highest BCUT2D eigenvalue weighted by Gasteiger charge is 2.29. The molecule has 7 nitrogen and oxygen atoms in total. The zero-order valence-corrected chi connectivity index (χ0v) is 18.1. The minimum atomic E-state index is -3.59. The molecule has 29 heavy (non-hydrogen) atoms. The van der Waals surface area contributed by atoms with Gasteiger partial charge < -0.3 is 14.8 Å². The van der Waals surface area contributed by atoms with Crippen LogP contribution in [0.5, 0.6) is 5.75 Å². The zero-order valence-electron chi connectivity index (χ0n) is 16.6. The number of halogens is 1. The van der Waals surface area contributed by atoms with E-state index in [1.165, 1.54) is 19.2 Å². The molecule has 0 fully saturated rings. The lowest BCUT2D eigenvalue weighted by atomic mass is 10.1. The Hall–Kier alpha value is -2.13. The summed E-state index contributed by atoms with van der Waals surface area (Å²) in [5, 5.41) is 3.38. The van der Waals surface area contributed by atoms with Crippen molar-refractivity contribution in [2.24, 2.45) is 0 Å². The largest absolute Gasteiger partial charge is 0.478 e. The van der Waals surface area contributed by atoms with Crippen molar-refractivity contribution in [2.75, 3.05) is 20.3 Å². The summed E-state index contributed by atoms with van der Waals surface area (Å²) in [4.78, 5) is 12.7. The van der Waals surface area contributed by atoms with Gasteiger partial charge in [0.25, 0.3) is 5.91 Å². The summed E-state index contributed by atoms with van der Waals surface area (Å²) in [6.45, 7) is 4.05. The average Bonchev–Trinajstić information content (AvgIpc) is 2.68. The van der Waals surface area contributed by atoms with Crippen molar-refractivity contribution in [3.05, 3.63) is 59.1 Å². The molecule has 2 N–H and O–H groups in total. The molecule has 0 bridgehead atoms.